The van der Waals surface area contributed by atoms with E-state index < -0.39 is 0 Å². The molecule has 2 N–H and O–H groups in total. The van der Waals surface area contributed by atoms with E-state index in [9.17, 15) is 0 Å². The zero-order chi connectivity index (χ0) is 18.0. The van der Waals surface area contributed by atoms with Crippen molar-refractivity contribution >= 4 is 5.82 Å². The number of aryl methyl sites for hydroxylation is 2. The first-order valence-corrected chi connectivity index (χ1v) is 10.4. The van der Waals surface area contributed by atoms with Gasteiger partial charge in [0.05, 0.1) is 12.2 Å². The molecule has 3 fully saturated rings. The predicted octanol–water partition coefficient (Wildman–Crippen LogP) is 1.82. The van der Waals surface area contributed by atoms with Crippen molar-refractivity contribution < 1.29 is 4.74 Å². The van der Waals surface area contributed by atoms with E-state index >= 15 is 0 Å². The highest BCUT2D eigenvalue weighted by atomic mass is 16.5. The van der Waals surface area contributed by atoms with Gasteiger partial charge in [-0.1, -0.05) is 6.92 Å². The summed E-state index contributed by atoms with van der Waals surface area (Å²) in [6, 6.07) is 3.29. The van der Waals surface area contributed by atoms with Crippen LogP contribution in [0.4, 0.5) is 5.82 Å². The molecule has 0 aliphatic carbocycles. The van der Waals surface area contributed by atoms with Crippen LogP contribution >= 0.6 is 0 Å². The molecule has 6 heteroatoms. The van der Waals surface area contributed by atoms with Gasteiger partial charge in [0, 0.05) is 36.9 Å². The van der Waals surface area contributed by atoms with E-state index in [1.165, 1.54) is 19.3 Å². The third-order valence-corrected chi connectivity index (χ3v) is 6.25. The molecule has 0 radical (unpaired) electrons. The minimum absolute atomic E-state index is 0.151. The molecule has 0 amide bonds. The summed E-state index contributed by atoms with van der Waals surface area (Å²) in [5.74, 6) is 1.99. The number of aromatic nitrogens is 2. The number of piperidine rings is 2. The summed E-state index contributed by atoms with van der Waals surface area (Å²) in [5.41, 5.74) is 1.29. The van der Waals surface area contributed by atoms with E-state index in [2.05, 4.69) is 38.5 Å². The SMILES string of the molecule is CCc1cc(N2CCC(NC3COC4(CCNCC4)C3)CC2)nc(C)n1. The van der Waals surface area contributed by atoms with Crippen LogP contribution in [0.2, 0.25) is 0 Å². The molecule has 3 aliphatic rings. The average molecular weight is 360 g/mol. The Bertz CT molecular complexity index is 608. The molecule has 26 heavy (non-hydrogen) atoms. The lowest BCUT2D eigenvalue weighted by atomic mass is 9.88. The van der Waals surface area contributed by atoms with Crippen molar-refractivity contribution in [2.45, 2.75) is 70.1 Å². The normalized spacial score (nSPS) is 26.5. The summed E-state index contributed by atoms with van der Waals surface area (Å²) in [6.07, 6.45) is 6.82. The van der Waals surface area contributed by atoms with E-state index in [0.717, 1.165) is 69.4 Å². The molecule has 1 atom stereocenters. The molecule has 1 aromatic heterocycles. The smallest absolute Gasteiger partial charge is 0.132 e. The first kappa shape index (κ1) is 18.1. The highest BCUT2D eigenvalue weighted by molar-refractivity contribution is 5.40. The Morgan fingerprint density at radius 3 is 2.73 bits per heavy atom. The maximum atomic E-state index is 6.23. The number of ether oxygens (including phenoxy) is 1. The second kappa shape index (κ2) is 7.79. The molecule has 3 saturated heterocycles. The van der Waals surface area contributed by atoms with E-state index in [0.29, 0.717) is 12.1 Å². The Labute approximate surface area is 157 Å². The number of rotatable bonds is 4. The first-order valence-electron chi connectivity index (χ1n) is 10.4. The zero-order valence-electron chi connectivity index (χ0n) is 16.3. The Hall–Kier alpha value is -1.24. The van der Waals surface area contributed by atoms with E-state index in [1.807, 2.05) is 6.92 Å². The lowest BCUT2D eigenvalue weighted by Crippen LogP contribution is -2.47. The summed E-state index contributed by atoms with van der Waals surface area (Å²) in [5, 5.41) is 7.34. The minimum Gasteiger partial charge on any atom is -0.373 e. The predicted molar refractivity (Wildman–Crippen MR) is 104 cm³/mol. The van der Waals surface area contributed by atoms with Crippen LogP contribution in [0.1, 0.15) is 50.5 Å². The lowest BCUT2D eigenvalue weighted by Gasteiger charge is -2.35. The van der Waals surface area contributed by atoms with Crippen LogP contribution in [0.25, 0.3) is 0 Å². The number of hydrogen-bond acceptors (Lipinski definition) is 6. The van der Waals surface area contributed by atoms with Crippen LogP contribution in [0.3, 0.4) is 0 Å². The van der Waals surface area contributed by atoms with Crippen molar-refractivity contribution in [3.63, 3.8) is 0 Å². The number of anilines is 1. The van der Waals surface area contributed by atoms with Gasteiger partial charge in [0.25, 0.3) is 0 Å². The molecule has 1 spiro atoms. The van der Waals surface area contributed by atoms with Gasteiger partial charge in [0.2, 0.25) is 0 Å². The van der Waals surface area contributed by atoms with Gasteiger partial charge < -0.3 is 20.3 Å². The molecule has 0 bridgehead atoms. The standard InChI is InChI=1S/C20H33N5O/c1-3-16-12-19(23-15(2)22-16)25-10-4-17(5-11-25)24-18-13-20(26-14-18)6-8-21-9-7-20/h12,17-18,21,24H,3-11,13-14H2,1-2H3. The van der Waals surface area contributed by atoms with Crippen LogP contribution in [0.5, 0.6) is 0 Å². The van der Waals surface area contributed by atoms with Crippen LogP contribution in [-0.2, 0) is 11.2 Å². The molecule has 144 valence electrons. The van der Waals surface area contributed by atoms with Crippen molar-refractivity contribution in [1.82, 2.24) is 20.6 Å². The molecular weight excluding hydrogens is 326 g/mol. The van der Waals surface area contributed by atoms with Crippen LogP contribution in [0, 0.1) is 6.92 Å². The van der Waals surface area contributed by atoms with Crippen molar-refractivity contribution in [2.75, 3.05) is 37.7 Å². The van der Waals surface area contributed by atoms with Gasteiger partial charge >= 0.3 is 0 Å². The van der Waals surface area contributed by atoms with Crippen LogP contribution in [0.15, 0.2) is 6.07 Å². The maximum Gasteiger partial charge on any atom is 0.132 e. The molecule has 4 heterocycles. The van der Waals surface area contributed by atoms with Crippen molar-refractivity contribution in [2.24, 2.45) is 0 Å². The zero-order valence-corrected chi connectivity index (χ0v) is 16.3. The maximum absolute atomic E-state index is 6.23. The Morgan fingerprint density at radius 2 is 2.00 bits per heavy atom. The van der Waals surface area contributed by atoms with Crippen molar-refractivity contribution in [3.05, 3.63) is 17.6 Å². The molecule has 3 aliphatic heterocycles. The molecule has 6 nitrogen and oxygen atoms in total. The second-order valence-corrected chi connectivity index (χ2v) is 8.19. The Morgan fingerprint density at radius 1 is 1.23 bits per heavy atom. The Kier molecular flexibility index (Phi) is 5.43. The molecule has 1 aromatic rings. The molecule has 0 aromatic carbocycles. The van der Waals surface area contributed by atoms with Crippen molar-refractivity contribution in [3.8, 4) is 0 Å². The number of nitrogens with one attached hydrogen (secondary N) is 2. The van der Waals surface area contributed by atoms with E-state index in [4.69, 9.17) is 4.74 Å². The molecule has 1 unspecified atom stereocenters. The minimum atomic E-state index is 0.151. The third-order valence-electron chi connectivity index (χ3n) is 6.25. The number of hydrogen-bond donors (Lipinski definition) is 2. The summed E-state index contributed by atoms with van der Waals surface area (Å²) in [6.45, 7) is 9.37. The summed E-state index contributed by atoms with van der Waals surface area (Å²) in [4.78, 5) is 11.6. The van der Waals surface area contributed by atoms with Gasteiger partial charge in [-0.15, -0.1) is 0 Å². The summed E-state index contributed by atoms with van der Waals surface area (Å²) < 4.78 is 6.23. The quantitative estimate of drug-likeness (QED) is 0.855. The van der Waals surface area contributed by atoms with Crippen LogP contribution in [-0.4, -0.2) is 60.4 Å². The lowest BCUT2D eigenvalue weighted by molar-refractivity contribution is -0.0194. The average Bonchev–Trinajstić information content (AvgIpc) is 3.04. The van der Waals surface area contributed by atoms with Gasteiger partial charge in [0.1, 0.15) is 11.6 Å². The molecule has 4 rings (SSSR count). The fraction of sp³-hybridized carbons (Fsp3) is 0.800. The van der Waals surface area contributed by atoms with Gasteiger partial charge in [-0.2, -0.15) is 0 Å². The van der Waals surface area contributed by atoms with Crippen LogP contribution < -0.4 is 15.5 Å². The highest BCUT2D eigenvalue weighted by Gasteiger charge is 2.41. The van der Waals surface area contributed by atoms with E-state index in [-0.39, 0.29) is 5.60 Å². The summed E-state index contributed by atoms with van der Waals surface area (Å²) in [7, 11) is 0. The van der Waals surface area contributed by atoms with Gasteiger partial charge in [-0.25, -0.2) is 9.97 Å². The fourth-order valence-electron chi connectivity index (χ4n) is 4.75. The van der Waals surface area contributed by atoms with E-state index in [1.54, 1.807) is 0 Å². The largest absolute Gasteiger partial charge is 0.373 e. The van der Waals surface area contributed by atoms with Gasteiger partial charge in [-0.3, -0.25) is 0 Å². The summed E-state index contributed by atoms with van der Waals surface area (Å²) >= 11 is 0. The third kappa shape index (κ3) is 4.02. The first-order chi connectivity index (χ1) is 12.7. The topological polar surface area (TPSA) is 62.3 Å². The molecule has 0 saturated carbocycles. The fourth-order valence-corrected chi connectivity index (χ4v) is 4.75. The van der Waals surface area contributed by atoms with Crippen molar-refractivity contribution in [1.29, 1.82) is 0 Å². The Balaban J connectivity index is 1.28. The highest BCUT2D eigenvalue weighted by Crippen LogP contribution is 2.34. The monoisotopic (exact) mass is 359 g/mol. The van der Waals surface area contributed by atoms with Gasteiger partial charge in [-0.05, 0) is 58.5 Å². The number of nitrogens with zero attached hydrogens (tertiary/aromatic N) is 3. The van der Waals surface area contributed by atoms with Gasteiger partial charge in [0.15, 0.2) is 0 Å². The second-order valence-electron chi connectivity index (χ2n) is 8.19. The molecular formula is C20H33N5O.